The van der Waals surface area contributed by atoms with Gasteiger partial charge in [-0.1, -0.05) is 0 Å². The predicted molar refractivity (Wildman–Crippen MR) is 72.5 cm³/mol. The van der Waals surface area contributed by atoms with Crippen molar-refractivity contribution in [1.29, 1.82) is 0 Å². The first kappa shape index (κ1) is 12.1. The van der Waals surface area contributed by atoms with Gasteiger partial charge >= 0.3 is 0 Å². The van der Waals surface area contributed by atoms with E-state index in [1.807, 2.05) is 0 Å². The Hall–Kier alpha value is -1.63. The number of hydrogen-bond acceptors (Lipinski definition) is 3. The molecule has 4 rings (SSSR count). The molecule has 0 aromatic heterocycles. The van der Waals surface area contributed by atoms with Crippen LogP contribution in [0.2, 0.25) is 0 Å². The summed E-state index contributed by atoms with van der Waals surface area (Å²) in [6.07, 6.45) is 4.37. The largest absolute Gasteiger partial charge is 0.324 e. The van der Waals surface area contributed by atoms with E-state index in [0.29, 0.717) is 11.6 Å². The Bertz CT molecular complexity index is 721. The van der Waals surface area contributed by atoms with Crippen molar-refractivity contribution in [3.63, 3.8) is 0 Å². The van der Waals surface area contributed by atoms with Gasteiger partial charge in [-0.25, -0.2) is 22.5 Å². The van der Waals surface area contributed by atoms with E-state index in [0.717, 1.165) is 18.9 Å². The number of sulfonamides is 1. The zero-order chi connectivity index (χ0) is 14.0. The molecule has 0 unspecified atom stereocenters. The molecular formula is C13H14FN3O2S. The third-order valence-electron chi connectivity index (χ3n) is 4.15. The highest BCUT2D eigenvalue weighted by Gasteiger charge is 2.54. The second kappa shape index (κ2) is 3.72. The topological polar surface area (TPSA) is 70.6 Å². The molecule has 1 heterocycles. The number of nitrogens with zero attached hydrogens (tertiary/aromatic N) is 1. The molecule has 0 amide bonds. The lowest BCUT2D eigenvalue weighted by Gasteiger charge is -2.23. The molecule has 106 valence electrons. The van der Waals surface area contributed by atoms with Crippen LogP contribution in [0.1, 0.15) is 25.7 Å². The van der Waals surface area contributed by atoms with Crippen molar-refractivity contribution in [3.05, 3.63) is 24.0 Å². The zero-order valence-corrected chi connectivity index (χ0v) is 11.5. The van der Waals surface area contributed by atoms with Crippen LogP contribution in [0.15, 0.2) is 28.1 Å². The molecule has 0 spiro atoms. The van der Waals surface area contributed by atoms with E-state index < -0.39 is 15.8 Å². The molecule has 0 radical (unpaired) electrons. The van der Waals surface area contributed by atoms with Crippen molar-refractivity contribution < 1.29 is 12.8 Å². The first-order valence-corrected chi connectivity index (χ1v) is 8.16. The van der Waals surface area contributed by atoms with Gasteiger partial charge in [0.1, 0.15) is 10.7 Å². The van der Waals surface area contributed by atoms with E-state index in [1.165, 1.54) is 25.0 Å². The molecule has 7 heteroatoms. The van der Waals surface area contributed by atoms with E-state index in [4.69, 9.17) is 0 Å². The first-order chi connectivity index (χ1) is 9.48. The molecule has 0 atom stereocenters. The van der Waals surface area contributed by atoms with Crippen LogP contribution in [0.4, 0.5) is 10.1 Å². The van der Waals surface area contributed by atoms with Crippen molar-refractivity contribution >= 4 is 21.7 Å². The number of guanidine groups is 1. The number of aliphatic imine (C=N–C) groups is 1. The van der Waals surface area contributed by atoms with Crippen molar-refractivity contribution in [3.8, 4) is 0 Å². The molecule has 5 nitrogen and oxygen atoms in total. The van der Waals surface area contributed by atoms with E-state index in [1.54, 1.807) is 0 Å². The van der Waals surface area contributed by atoms with Gasteiger partial charge in [-0.2, -0.15) is 0 Å². The van der Waals surface area contributed by atoms with Crippen LogP contribution >= 0.6 is 0 Å². The fraction of sp³-hybridized carbons (Fsp3) is 0.462. The van der Waals surface area contributed by atoms with Crippen LogP contribution in [0.25, 0.3) is 0 Å². The molecule has 2 saturated carbocycles. The maximum atomic E-state index is 13.2. The molecule has 0 bridgehead atoms. The van der Waals surface area contributed by atoms with Crippen molar-refractivity contribution in [2.75, 3.05) is 5.32 Å². The zero-order valence-electron chi connectivity index (χ0n) is 10.7. The van der Waals surface area contributed by atoms with Crippen LogP contribution < -0.4 is 10.0 Å². The molecule has 2 aliphatic carbocycles. The van der Waals surface area contributed by atoms with Crippen LogP contribution in [0, 0.1) is 11.7 Å². The third kappa shape index (κ3) is 1.88. The molecular weight excluding hydrogens is 281 g/mol. The highest BCUT2D eigenvalue weighted by Crippen LogP contribution is 2.56. The van der Waals surface area contributed by atoms with Gasteiger partial charge in [-0.15, -0.1) is 0 Å². The fourth-order valence-corrected chi connectivity index (χ4v) is 3.93. The second-order valence-electron chi connectivity index (χ2n) is 5.71. The van der Waals surface area contributed by atoms with Gasteiger partial charge < -0.3 is 5.32 Å². The van der Waals surface area contributed by atoms with Crippen molar-refractivity contribution in [2.24, 2.45) is 10.9 Å². The third-order valence-corrected chi connectivity index (χ3v) is 5.53. The average molecular weight is 295 g/mol. The summed E-state index contributed by atoms with van der Waals surface area (Å²) in [5, 5.41) is 2.95. The van der Waals surface area contributed by atoms with Gasteiger partial charge in [0.15, 0.2) is 0 Å². The highest BCUT2D eigenvalue weighted by molar-refractivity contribution is 7.90. The minimum absolute atomic E-state index is 0.0671. The Morgan fingerprint density at radius 1 is 1.30 bits per heavy atom. The predicted octanol–water partition coefficient (Wildman–Crippen LogP) is 1.83. The molecule has 1 aromatic rings. The summed E-state index contributed by atoms with van der Waals surface area (Å²) in [6, 6.07) is 3.67. The van der Waals surface area contributed by atoms with Crippen LogP contribution in [-0.4, -0.2) is 19.9 Å². The number of benzene rings is 1. The SMILES string of the molecule is O=S1(=O)NC(=NC2(C3CC3)CC2)Nc2ccc(F)cc21. The van der Waals surface area contributed by atoms with Crippen LogP contribution in [0.3, 0.4) is 0 Å². The number of nitrogens with one attached hydrogen (secondary N) is 2. The van der Waals surface area contributed by atoms with Crippen molar-refractivity contribution in [2.45, 2.75) is 36.1 Å². The second-order valence-corrected chi connectivity index (χ2v) is 7.36. The van der Waals surface area contributed by atoms with Crippen molar-refractivity contribution in [1.82, 2.24) is 4.72 Å². The molecule has 3 aliphatic rings. The summed E-state index contributed by atoms with van der Waals surface area (Å²) in [6.45, 7) is 0. The Morgan fingerprint density at radius 3 is 2.70 bits per heavy atom. The first-order valence-electron chi connectivity index (χ1n) is 6.68. The van der Waals surface area contributed by atoms with Gasteiger partial charge in [0.05, 0.1) is 11.2 Å². The van der Waals surface area contributed by atoms with Crippen LogP contribution in [0.5, 0.6) is 0 Å². The van der Waals surface area contributed by atoms with E-state index in [9.17, 15) is 12.8 Å². The standard InChI is InChI=1S/C13H14FN3O2S/c14-9-3-4-10-11(7-9)20(18,19)17-12(15-10)16-13(5-6-13)8-1-2-8/h3-4,7-8H,1-2,5-6H2,(H2,15,16,17). The lowest BCUT2D eigenvalue weighted by atomic mass is 10.2. The Balaban J connectivity index is 1.73. The minimum Gasteiger partial charge on any atom is -0.324 e. The number of rotatable bonds is 2. The molecule has 1 aliphatic heterocycles. The molecule has 20 heavy (non-hydrogen) atoms. The Morgan fingerprint density at radius 2 is 2.05 bits per heavy atom. The molecule has 2 N–H and O–H groups in total. The Kier molecular flexibility index (Phi) is 2.26. The molecule has 0 saturated heterocycles. The lowest BCUT2D eigenvalue weighted by Crippen LogP contribution is -2.42. The number of halogens is 1. The van der Waals surface area contributed by atoms with Gasteiger partial charge in [0, 0.05) is 0 Å². The summed E-state index contributed by atoms with van der Waals surface area (Å²) in [5.74, 6) is 0.275. The minimum atomic E-state index is -3.75. The summed E-state index contributed by atoms with van der Waals surface area (Å²) >= 11 is 0. The Labute approximate surface area is 116 Å². The van der Waals surface area contributed by atoms with Gasteiger partial charge in [-0.05, 0) is 49.8 Å². The van der Waals surface area contributed by atoms with Gasteiger partial charge in [0.2, 0.25) is 5.96 Å². The average Bonchev–Trinajstić information content (AvgIpc) is 3.22. The van der Waals surface area contributed by atoms with Gasteiger partial charge in [-0.3, -0.25) is 0 Å². The highest BCUT2D eigenvalue weighted by atomic mass is 32.2. The summed E-state index contributed by atoms with van der Waals surface area (Å²) in [4.78, 5) is 4.50. The summed E-state index contributed by atoms with van der Waals surface area (Å²) < 4.78 is 39.8. The number of anilines is 1. The van der Waals surface area contributed by atoms with Crippen LogP contribution in [-0.2, 0) is 10.0 Å². The van der Waals surface area contributed by atoms with E-state index in [-0.39, 0.29) is 16.4 Å². The maximum absolute atomic E-state index is 13.2. The number of fused-ring (bicyclic) bond motifs is 1. The van der Waals surface area contributed by atoms with Gasteiger partial charge in [0.25, 0.3) is 10.0 Å². The number of hydrogen-bond donors (Lipinski definition) is 2. The quantitative estimate of drug-likeness (QED) is 0.874. The monoisotopic (exact) mass is 295 g/mol. The summed E-state index contributed by atoms with van der Waals surface area (Å²) in [5.41, 5.74) is 0.304. The normalized spacial score (nSPS) is 27.4. The fourth-order valence-electron chi connectivity index (χ4n) is 2.79. The molecule has 2 fully saturated rings. The lowest BCUT2D eigenvalue weighted by molar-refractivity contribution is 0.578. The smallest absolute Gasteiger partial charge is 0.266 e. The summed E-state index contributed by atoms with van der Waals surface area (Å²) in [7, 11) is -3.75. The molecule has 1 aromatic carbocycles. The maximum Gasteiger partial charge on any atom is 0.266 e. The van der Waals surface area contributed by atoms with E-state index in [2.05, 4.69) is 15.0 Å². The van der Waals surface area contributed by atoms with E-state index >= 15 is 0 Å².